The molecule has 0 aliphatic rings. The van der Waals surface area contributed by atoms with Crippen LogP contribution in [0.1, 0.15) is 17.3 Å². The van der Waals surface area contributed by atoms with Gasteiger partial charge in [-0.25, -0.2) is 0 Å². The number of hydrogen-bond acceptors (Lipinski definition) is 3. The van der Waals surface area contributed by atoms with Crippen molar-refractivity contribution in [3.63, 3.8) is 0 Å². The summed E-state index contributed by atoms with van der Waals surface area (Å²) in [5.74, 6) is 1.49. The van der Waals surface area contributed by atoms with Crippen molar-refractivity contribution in [2.75, 3.05) is 18.6 Å². The van der Waals surface area contributed by atoms with Crippen LogP contribution >= 0.6 is 34.4 Å². The van der Waals surface area contributed by atoms with Crippen molar-refractivity contribution in [2.45, 2.75) is 6.92 Å². The Morgan fingerprint density at radius 3 is 2.88 bits per heavy atom. The van der Waals surface area contributed by atoms with Crippen LogP contribution in [0.2, 0.25) is 0 Å². The molecule has 0 saturated heterocycles. The molecule has 1 aromatic carbocycles. The van der Waals surface area contributed by atoms with E-state index < -0.39 is 0 Å². The average molecular weight is 365 g/mol. The van der Waals surface area contributed by atoms with Crippen molar-refractivity contribution < 1.29 is 9.90 Å². The number of halogens is 1. The number of rotatable bonds is 5. The molecule has 0 aliphatic heterocycles. The van der Waals surface area contributed by atoms with Gasteiger partial charge in [0, 0.05) is 12.1 Å². The third kappa shape index (κ3) is 4.75. The first-order valence-corrected chi connectivity index (χ1v) is 7.77. The molecule has 0 aliphatic carbocycles. The lowest BCUT2D eigenvalue weighted by Gasteiger charge is -2.11. The molecule has 0 bridgehead atoms. The number of aromatic hydroxyl groups is 1. The third-order valence-corrected chi connectivity index (χ3v) is 4.09. The summed E-state index contributed by atoms with van der Waals surface area (Å²) >= 11 is 3.79. The van der Waals surface area contributed by atoms with Gasteiger partial charge in [-0.1, -0.05) is 6.92 Å². The maximum atomic E-state index is 11.8. The molecule has 5 heteroatoms. The van der Waals surface area contributed by atoms with E-state index in [0.717, 1.165) is 9.32 Å². The number of benzene rings is 1. The van der Waals surface area contributed by atoms with Gasteiger partial charge < -0.3 is 10.4 Å². The third-order valence-electron chi connectivity index (χ3n) is 2.27. The molecule has 0 spiro atoms. The first-order valence-electron chi connectivity index (χ1n) is 5.30. The van der Waals surface area contributed by atoms with Crippen LogP contribution in [0.25, 0.3) is 0 Å². The van der Waals surface area contributed by atoms with Gasteiger partial charge in [-0.15, -0.1) is 0 Å². The predicted molar refractivity (Wildman–Crippen MR) is 80.7 cm³/mol. The molecule has 94 valence electrons. The van der Waals surface area contributed by atoms with Crippen molar-refractivity contribution in [1.82, 2.24) is 5.32 Å². The van der Waals surface area contributed by atoms with Crippen LogP contribution in [0.4, 0.5) is 0 Å². The Kier molecular flexibility index (Phi) is 6.11. The molecule has 2 N–H and O–H groups in total. The van der Waals surface area contributed by atoms with E-state index in [9.17, 15) is 9.90 Å². The summed E-state index contributed by atoms with van der Waals surface area (Å²) in [7, 11) is 0. The highest BCUT2D eigenvalue weighted by Crippen LogP contribution is 2.20. The first-order chi connectivity index (χ1) is 8.04. The molecule has 0 saturated carbocycles. The second-order valence-corrected chi connectivity index (χ2v) is 6.01. The molecular weight excluding hydrogens is 349 g/mol. The van der Waals surface area contributed by atoms with Crippen LogP contribution in [0, 0.1) is 9.49 Å². The van der Waals surface area contributed by atoms with Crippen molar-refractivity contribution in [1.29, 1.82) is 0 Å². The van der Waals surface area contributed by atoms with Gasteiger partial charge in [0.15, 0.2) is 0 Å². The maximum absolute atomic E-state index is 11.8. The number of amides is 1. The molecule has 0 aromatic heterocycles. The summed E-state index contributed by atoms with van der Waals surface area (Å²) in [5.41, 5.74) is 0.499. The zero-order valence-corrected chi connectivity index (χ0v) is 12.8. The zero-order valence-electron chi connectivity index (χ0n) is 9.87. The fourth-order valence-corrected chi connectivity index (χ4v) is 2.39. The number of carbonyl (C=O) groups excluding carboxylic acids is 1. The highest BCUT2D eigenvalue weighted by atomic mass is 127. The zero-order chi connectivity index (χ0) is 12.8. The van der Waals surface area contributed by atoms with Gasteiger partial charge >= 0.3 is 0 Å². The lowest BCUT2D eigenvalue weighted by atomic mass is 10.2. The molecule has 1 rings (SSSR count). The van der Waals surface area contributed by atoms with Crippen LogP contribution in [-0.4, -0.2) is 29.6 Å². The molecule has 1 unspecified atom stereocenters. The Balaban J connectivity index is 2.55. The monoisotopic (exact) mass is 365 g/mol. The van der Waals surface area contributed by atoms with E-state index in [-0.39, 0.29) is 11.7 Å². The van der Waals surface area contributed by atoms with Crippen LogP contribution in [-0.2, 0) is 0 Å². The van der Waals surface area contributed by atoms with Crippen molar-refractivity contribution in [3.05, 3.63) is 27.3 Å². The lowest BCUT2D eigenvalue weighted by Crippen LogP contribution is -2.29. The van der Waals surface area contributed by atoms with Gasteiger partial charge in [0.05, 0.1) is 3.57 Å². The number of hydrogen-bond donors (Lipinski definition) is 2. The number of phenolic OH excluding ortho intramolecular Hbond substituents is 1. The second-order valence-electron chi connectivity index (χ2n) is 3.94. The topological polar surface area (TPSA) is 49.3 Å². The number of carbonyl (C=O) groups is 1. The van der Waals surface area contributed by atoms with Gasteiger partial charge in [-0.3, -0.25) is 4.79 Å². The van der Waals surface area contributed by atoms with Gasteiger partial charge in [-0.05, 0) is 58.7 Å². The number of phenols is 1. The summed E-state index contributed by atoms with van der Waals surface area (Å²) in [5, 5.41) is 12.4. The minimum absolute atomic E-state index is 0.135. The summed E-state index contributed by atoms with van der Waals surface area (Å²) in [6.45, 7) is 2.76. The predicted octanol–water partition coefficient (Wildman–Crippen LogP) is 2.73. The summed E-state index contributed by atoms with van der Waals surface area (Å²) < 4.78 is 0.745. The fraction of sp³-hybridized carbons (Fsp3) is 0.417. The Bertz CT molecular complexity index is 398. The first kappa shape index (κ1) is 14.6. The van der Waals surface area contributed by atoms with E-state index in [4.69, 9.17) is 0 Å². The summed E-state index contributed by atoms with van der Waals surface area (Å²) in [6, 6.07) is 4.95. The van der Waals surface area contributed by atoms with E-state index in [2.05, 4.69) is 18.5 Å². The van der Waals surface area contributed by atoms with Gasteiger partial charge in [0.2, 0.25) is 0 Å². The summed E-state index contributed by atoms with van der Waals surface area (Å²) in [4.78, 5) is 11.8. The molecule has 1 atom stereocenters. The van der Waals surface area contributed by atoms with E-state index in [1.807, 2.05) is 22.6 Å². The van der Waals surface area contributed by atoms with Crippen LogP contribution < -0.4 is 5.32 Å². The molecule has 0 fully saturated rings. The molecule has 0 heterocycles. The highest BCUT2D eigenvalue weighted by molar-refractivity contribution is 14.1. The quantitative estimate of drug-likeness (QED) is 0.789. The molecule has 3 nitrogen and oxygen atoms in total. The van der Waals surface area contributed by atoms with Crippen molar-refractivity contribution in [2.24, 2.45) is 5.92 Å². The van der Waals surface area contributed by atoms with E-state index in [0.29, 0.717) is 18.0 Å². The molecule has 1 amide bonds. The Morgan fingerprint density at radius 2 is 2.29 bits per heavy atom. The Labute approximate surface area is 120 Å². The smallest absolute Gasteiger partial charge is 0.251 e. The maximum Gasteiger partial charge on any atom is 0.251 e. The largest absolute Gasteiger partial charge is 0.507 e. The van der Waals surface area contributed by atoms with E-state index in [1.165, 1.54) is 6.07 Å². The minimum atomic E-state index is -0.135. The van der Waals surface area contributed by atoms with Gasteiger partial charge in [0.25, 0.3) is 5.91 Å². The SMILES string of the molecule is CSCC(C)CNC(=O)c1ccc(I)c(O)c1. The second kappa shape index (κ2) is 7.10. The van der Waals surface area contributed by atoms with Gasteiger partial charge in [-0.2, -0.15) is 11.8 Å². The summed E-state index contributed by atoms with van der Waals surface area (Å²) in [6.07, 6.45) is 2.05. The fourth-order valence-electron chi connectivity index (χ4n) is 1.37. The Morgan fingerprint density at radius 1 is 1.59 bits per heavy atom. The van der Waals surface area contributed by atoms with E-state index >= 15 is 0 Å². The lowest BCUT2D eigenvalue weighted by molar-refractivity contribution is 0.0949. The molecule has 0 radical (unpaired) electrons. The number of nitrogens with one attached hydrogen (secondary N) is 1. The highest BCUT2D eigenvalue weighted by Gasteiger charge is 2.09. The molecular formula is C12H16INO2S. The van der Waals surface area contributed by atoms with Crippen molar-refractivity contribution in [3.8, 4) is 5.75 Å². The number of thioether (sulfide) groups is 1. The van der Waals surface area contributed by atoms with Crippen LogP contribution in [0.3, 0.4) is 0 Å². The van der Waals surface area contributed by atoms with Crippen LogP contribution in [0.5, 0.6) is 5.75 Å². The Hall–Kier alpha value is -0.430. The van der Waals surface area contributed by atoms with E-state index in [1.54, 1.807) is 23.9 Å². The molecule has 17 heavy (non-hydrogen) atoms. The standard InChI is InChI=1S/C12H16INO2S/c1-8(7-17-2)6-14-12(16)9-3-4-10(13)11(15)5-9/h3-5,8,15H,6-7H2,1-2H3,(H,14,16). The normalized spacial score (nSPS) is 12.2. The van der Waals surface area contributed by atoms with Gasteiger partial charge in [0.1, 0.15) is 5.75 Å². The van der Waals surface area contributed by atoms with Crippen LogP contribution in [0.15, 0.2) is 18.2 Å². The molecule has 1 aromatic rings. The minimum Gasteiger partial charge on any atom is -0.507 e. The van der Waals surface area contributed by atoms with Crippen molar-refractivity contribution >= 4 is 40.3 Å². The average Bonchev–Trinajstić information content (AvgIpc) is 2.30.